The van der Waals surface area contributed by atoms with E-state index in [0.717, 1.165) is 0 Å². The Morgan fingerprint density at radius 2 is 1.80 bits per heavy atom. The minimum atomic E-state index is -0.642. The summed E-state index contributed by atoms with van der Waals surface area (Å²) < 4.78 is 10.4. The Labute approximate surface area is 178 Å². The van der Waals surface area contributed by atoms with Crippen LogP contribution in [0.5, 0.6) is 5.75 Å². The summed E-state index contributed by atoms with van der Waals surface area (Å²) in [6, 6.07) is 18.6. The highest BCUT2D eigenvalue weighted by molar-refractivity contribution is 7.12. The second-order valence-electron chi connectivity index (χ2n) is 6.43. The van der Waals surface area contributed by atoms with Gasteiger partial charge in [0.15, 0.2) is 6.61 Å². The van der Waals surface area contributed by atoms with Crippen LogP contribution in [-0.2, 0) is 9.53 Å². The molecule has 1 amide bonds. The molecule has 3 rings (SSSR count). The fourth-order valence-corrected chi connectivity index (χ4v) is 3.47. The maximum Gasteiger partial charge on any atom is 0.308 e. The molecular formula is C23H21NO5S. The zero-order valence-corrected chi connectivity index (χ0v) is 17.2. The molecule has 154 valence electrons. The molecule has 0 saturated heterocycles. The second-order valence-corrected chi connectivity index (χ2v) is 7.38. The lowest BCUT2D eigenvalue weighted by molar-refractivity contribution is -0.143. The quantitative estimate of drug-likeness (QED) is 0.415. The number of carbonyl (C=O) groups is 3. The summed E-state index contributed by atoms with van der Waals surface area (Å²) in [6.07, 6.45) is -0.122. The third-order valence-electron chi connectivity index (χ3n) is 4.37. The molecule has 30 heavy (non-hydrogen) atoms. The van der Waals surface area contributed by atoms with E-state index in [9.17, 15) is 14.4 Å². The number of methoxy groups -OCH3 is 1. The first-order chi connectivity index (χ1) is 14.6. The minimum absolute atomic E-state index is 0.122. The summed E-state index contributed by atoms with van der Waals surface area (Å²) >= 11 is 1.29. The molecule has 0 fully saturated rings. The van der Waals surface area contributed by atoms with Gasteiger partial charge in [-0.2, -0.15) is 0 Å². The van der Waals surface area contributed by atoms with Crippen molar-refractivity contribution in [2.75, 3.05) is 13.7 Å². The van der Waals surface area contributed by atoms with Crippen LogP contribution < -0.4 is 10.1 Å². The van der Waals surface area contributed by atoms with Crippen LogP contribution in [0.3, 0.4) is 0 Å². The molecule has 0 aliphatic heterocycles. The van der Waals surface area contributed by atoms with Crippen LogP contribution in [0.25, 0.3) is 0 Å². The Morgan fingerprint density at radius 3 is 2.50 bits per heavy atom. The molecule has 3 aromatic rings. The SMILES string of the molecule is COc1cccc(C(CC(=O)OCC(=O)c2cccs2)NC(=O)c2ccccc2)c1. The first-order valence-electron chi connectivity index (χ1n) is 9.29. The second kappa shape index (κ2) is 10.4. The van der Waals surface area contributed by atoms with Crippen LogP contribution in [0, 0.1) is 0 Å². The van der Waals surface area contributed by atoms with E-state index < -0.39 is 12.0 Å². The fourth-order valence-electron chi connectivity index (χ4n) is 2.82. The van der Waals surface area contributed by atoms with Gasteiger partial charge in [-0.25, -0.2) is 0 Å². The number of rotatable bonds is 9. The van der Waals surface area contributed by atoms with Crippen molar-refractivity contribution in [3.05, 3.63) is 88.1 Å². The van der Waals surface area contributed by atoms with E-state index in [4.69, 9.17) is 9.47 Å². The number of amides is 1. The highest BCUT2D eigenvalue weighted by Crippen LogP contribution is 2.23. The van der Waals surface area contributed by atoms with Gasteiger partial charge in [-0.3, -0.25) is 14.4 Å². The predicted octanol–water partition coefficient (Wildman–Crippen LogP) is 4.04. The van der Waals surface area contributed by atoms with E-state index in [0.29, 0.717) is 21.8 Å². The molecule has 0 aliphatic rings. The van der Waals surface area contributed by atoms with Crippen molar-refractivity contribution in [2.24, 2.45) is 0 Å². The Morgan fingerprint density at radius 1 is 1.00 bits per heavy atom. The first-order valence-corrected chi connectivity index (χ1v) is 10.2. The van der Waals surface area contributed by atoms with Gasteiger partial charge in [-0.05, 0) is 41.3 Å². The van der Waals surface area contributed by atoms with E-state index in [2.05, 4.69) is 5.32 Å². The Bertz CT molecular complexity index is 1000. The van der Waals surface area contributed by atoms with Crippen molar-refractivity contribution in [3.63, 3.8) is 0 Å². The first kappa shape index (κ1) is 21.3. The molecule has 1 unspecified atom stereocenters. The van der Waals surface area contributed by atoms with Crippen LogP contribution >= 0.6 is 11.3 Å². The van der Waals surface area contributed by atoms with E-state index in [1.54, 1.807) is 73.2 Å². The highest BCUT2D eigenvalue weighted by atomic mass is 32.1. The smallest absolute Gasteiger partial charge is 0.308 e. The van der Waals surface area contributed by atoms with Crippen LogP contribution in [-0.4, -0.2) is 31.4 Å². The monoisotopic (exact) mass is 423 g/mol. The van der Waals surface area contributed by atoms with Crippen molar-refractivity contribution in [2.45, 2.75) is 12.5 Å². The van der Waals surface area contributed by atoms with Crippen molar-refractivity contribution in [1.82, 2.24) is 5.32 Å². The topological polar surface area (TPSA) is 81.7 Å². The number of carbonyl (C=O) groups excluding carboxylic acids is 3. The number of esters is 1. The van der Waals surface area contributed by atoms with Crippen molar-refractivity contribution < 1.29 is 23.9 Å². The lowest BCUT2D eigenvalue weighted by Crippen LogP contribution is -2.31. The summed E-state index contributed by atoms with van der Waals surface area (Å²) in [4.78, 5) is 37.6. The zero-order chi connectivity index (χ0) is 21.3. The van der Waals surface area contributed by atoms with E-state index >= 15 is 0 Å². The molecule has 1 heterocycles. The summed E-state index contributed by atoms with van der Waals surface area (Å²) in [7, 11) is 1.54. The highest BCUT2D eigenvalue weighted by Gasteiger charge is 2.21. The minimum Gasteiger partial charge on any atom is -0.497 e. The van der Waals surface area contributed by atoms with Gasteiger partial charge in [-0.15, -0.1) is 11.3 Å². The third-order valence-corrected chi connectivity index (χ3v) is 5.28. The Hall–Kier alpha value is -3.45. The molecule has 2 aromatic carbocycles. The lowest BCUT2D eigenvalue weighted by atomic mass is 10.0. The van der Waals surface area contributed by atoms with Crippen LogP contribution in [0.2, 0.25) is 0 Å². The number of ether oxygens (including phenoxy) is 2. The third kappa shape index (κ3) is 5.78. The average Bonchev–Trinajstić information content (AvgIpc) is 3.32. The van der Waals surface area contributed by atoms with Crippen molar-refractivity contribution in [3.8, 4) is 5.75 Å². The summed E-state index contributed by atoms with van der Waals surface area (Å²) in [5.74, 6) is -0.552. The predicted molar refractivity (Wildman–Crippen MR) is 114 cm³/mol. The van der Waals surface area contributed by atoms with E-state index in [-0.39, 0.29) is 24.7 Å². The van der Waals surface area contributed by atoms with E-state index in [1.807, 2.05) is 6.07 Å². The fraction of sp³-hybridized carbons (Fsp3) is 0.174. The molecular weight excluding hydrogens is 402 g/mol. The number of ketones is 1. The van der Waals surface area contributed by atoms with Gasteiger partial charge in [0.25, 0.3) is 5.91 Å². The van der Waals surface area contributed by atoms with E-state index in [1.165, 1.54) is 11.3 Å². The Balaban J connectivity index is 1.70. The standard InChI is InChI=1S/C23H21NO5S/c1-28-18-10-5-9-17(13-18)19(24-23(27)16-7-3-2-4-8-16)14-22(26)29-15-20(25)21-11-6-12-30-21/h2-13,19H,14-15H2,1H3,(H,24,27). The van der Waals surface area contributed by atoms with Gasteiger partial charge in [-0.1, -0.05) is 36.4 Å². The summed E-state index contributed by atoms with van der Waals surface area (Å²) in [5.41, 5.74) is 1.17. The molecule has 1 atom stereocenters. The average molecular weight is 423 g/mol. The number of nitrogens with one attached hydrogen (secondary N) is 1. The number of hydrogen-bond donors (Lipinski definition) is 1. The van der Waals surface area contributed by atoms with Crippen LogP contribution in [0.1, 0.15) is 38.1 Å². The van der Waals surface area contributed by atoms with Crippen molar-refractivity contribution in [1.29, 1.82) is 0 Å². The van der Waals surface area contributed by atoms with Gasteiger partial charge in [0, 0.05) is 5.56 Å². The molecule has 0 spiro atoms. The molecule has 0 radical (unpaired) electrons. The van der Waals surface area contributed by atoms with Crippen LogP contribution in [0.15, 0.2) is 72.1 Å². The molecule has 6 nitrogen and oxygen atoms in total. The van der Waals surface area contributed by atoms with Gasteiger partial charge < -0.3 is 14.8 Å². The molecule has 0 bridgehead atoms. The van der Waals surface area contributed by atoms with Crippen LogP contribution in [0.4, 0.5) is 0 Å². The number of benzene rings is 2. The molecule has 0 saturated carbocycles. The molecule has 1 N–H and O–H groups in total. The summed E-state index contributed by atoms with van der Waals surface area (Å²) in [5, 5.41) is 4.65. The molecule has 0 aliphatic carbocycles. The molecule has 7 heteroatoms. The summed E-state index contributed by atoms with van der Waals surface area (Å²) in [6.45, 7) is -0.336. The number of thiophene rings is 1. The van der Waals surface area contributed by atoms with Gasteiger partial charge >= 0.3 is 5.97 Å². The maximum absolute atomic E-state index is 12.6. The van der Waals surface area contributed by atoms with Gasteiger partial charge in [0.1, 0.15) is 5.75 Å². The normalized spacial score (nSPS) is 11.4. The maximum atomic E-state index is 12.6. The van der Waals surface area contributed by atoms with Gasteiger partial charge in [0.2, 0.25) is 5.78 Å². The number of hydrogen-bond acceptors (Lipinski definition) is 6. The Kier molecular flexibility index (Phi) is 7.34. The lowest BCUT2D eigenvalue weighted by Gasteiger charge is -2.19. The molecule has 1 aromatic heterocycles. The van der Waals surface area contributed by atoms with Crippen molar-refractivity contribution >= 4 is 29.0 Å². The number of Topliss-reactive ketones (excluding diaryl/α,β-unsaturated/α-hetero) is 1. The largest absolute Gasteiger partial charge is 0.497 e. The zero-order valence-electron chi connectivity index (χ0n) is 16.4. The van der Waals surface area contributed by atoms with Gasteiger partial charge in [0.05, 0.1) is 24.4 Å².